The summed E-state index contributed by atoms with van der Waals surface area (Å²) >= 11 is 0. The third-order valence-electron chi connectivity index (χ3n) is 5.24. The Hall–Kier alpha value is -2.94. The highest BCUT2D eigenvalue weighted by Crippen LogP contribution is 2.28. The van der Waals surface area contributed by atoms with Crippen LogP contribution in [0.4, 0.5) is 10.2 Å². The van der Waals surface area contributed by atoms with E-state index in [0.29, 0.717) is 55.6 Å². The molecule has 0 aromatic carbocycles. The lowest BCUT2D eigenvalue weighted by atomic mass is 10.0. The number of fused-ring (bicyclic) bond motifs is 1. The summed E-state index contributed by atoms with van der Waals surface area (Å²) in [6, 6.07) is 5.25. The number of anilines is 1. The average Bonchev–Trinajstić information content (AvgIpc) is 3.10. The molecule has 0 aliphatic carbocycles. The summed E-state index contributed by atoms with van der Waals surface area (Å²) in [6.45, 7) is 4.00. The first kappa shape index (κ1) is 20.3. The van der Waals surface area contributed by atoms with Crippen LogP contribution in [0, 0.1) is 6.92 Å². The molecule has 1 amide bonds. The van der Waals surface area contributed by atoms with E-state index in [0.717, 1.165) is 11.4 Å². The molecule has 2 atom stereocenters. The molecule has 160 valence electrons. The number of alkyl halides is 1. The molecule has 0 radical (unpaired) electrons. The molecule has 30 heavy (non-hydrogen) atoms. The topological polar surface area (TPSA) is 85.8 Å². The predicted molar refractivity (Wildman–Crippen MR) is 108 cm³/mol. The molecular weight excluding hydrogens is 391 g/mol. The highest BCUT2D eigenvalue weighted by Gasteiger charge is 2.33. The van der Waals surface area contributed by atoms with Gasteiger partial charge in [-0.05, 0) is 24.6 Å². The quantitative estimate of drug-likeness (QED) is 0.692. The standard InChI is InChI=1S/C21H25FN4O4/c1-13-9-15-17(11-24-21(15)27)25-20(13)26-6-5-18(16(22)12-26)30-14-3-4-19(23-10-14)29-8-7-28-2/h3-4,9-10,16,18H,5-8,11-12H2,1-2H3,(H,24,27)/t16-,18+/m0/s1. The second kappa shape index (κ2) is 8.83. The monoisotopic (exact) mass is 416 g/mol. The summed E-state index contributed by atoms with van der Waals surface area (Å²) < 4.78 is 31.1. The van der Waals surface area contributed by atoms with Crippen LogP contribution in [0.1, 0.15) is 28.0 Å². The van der Waals surface area contributed by atoms with Gasteiger partial charge in [-0.2, -0.15) is 0 Å². The molecular formula is C21H25FN4O4. The van der Waals surface area contributed by atoms with Crippen molar-refractivity contribution in [3.63, 3.8) is 0 Å². The molecule has 0 spiro atoms. The van der Waals surface area contributed by atoms with Crippen molar-refractivity contribution >= 4 is 11.7 Å². The first-order chi connectivity index (χ1) is 14.5. The van der Waals surface area contributed by atoms with Crippen LogP contribution in [0.25, 0.3) is 0 Å². The van der Waals surface area contributed by atoms with E-state index in [-0.39, 0.29) is 12.5 Å². The van der Waals surface area contributed by atoms with Gasteiger partial charge in [0.15, 0.2) is 6.17 Å². The van der Waals surface area contributed by atoms with Crippen LogP contribution in [0.15, 0.2) is 24.4 Å². The normalized spacial score (nSPS) is 20.6. The van der Waals surface area contributed by atoms with Crippen LogP contribution in [0.2, 0.25) is 0 Å². The lowest BCUT2D eigenvalue weighted by Crippen LogP contribution is -2.47. The largest absolute Gasteiger partial charge is 0.486 e. The summed E-state index contributed by atoms with van der Waals surface area (Å²) in [7, 11) is 1.60. The van der Waals surface area contributed by atoms with Crippen molar-refractivity contribution in [2.45, 2.75) is 32.2 Å². The Morgan fingerprint density at radius 3 is 2.93 bits per heavy atom. The summed E-state index contributed by atoms with van der Waals surface area (Å²) in [6.07, 6.45) is 0.326. The van der Waals surface area contributed by atoms with Gasteiger partial charge in [0, 0.05) is 26.1 Å². The number of hydrogen-bond acceptors (Lipinski definition) is 7. The van der Waals surface area contributed by atoms with Crippen LogP contribution in [0.5, 0.6) is 11.6 Å². The summed E-state index contributed by atoms with van der Waals surface area (Å²) in [5, 5.41) is 2.77. The summed E-state index contributed by atoms with van der Waals surface area (Å²) in [4.78, 5) is 22.5. The van der Waals surface area contributed by atoms with Crippen molar-refractivity contribution in [1.29, 1.82) is 0 Å². The zero-order chi connectivity index (χ0) is 21.1. The molecule has 0 saturated carbocycles. The van der Waals surface area contributed by atoms with Crippen LogP contribution in [-0.4, -0.2) is 61.6 Å². The Morgan fingerprint density at radius 1 is 1.33 bits per heavy atom. The fourth-order valence-electron chi connectivity index (χ4n) is 3.69. The van der Waals surface area contributed by atoms with E-state index in [9.17, 15) is 9.18 Å². The number of pyridine rings is 2. The van der Waals surface area contributed by atoms with Crippen LogP contribution < -0.4 is 19.7 Å². The number of halogens is 1. The Bertz CT molecular complexity index is 909. The molecule has 2 aliphatic rings. The number of amides is 1. The van der Waals surface area contributed by atoms with Gasteiger partial charge in [-0.1, -0.05) is 0 Å². The molecule has 4 heterocycles. The number of hydrogen-bond donors (Lipinski definition) is 1. The minimum Gasteiger partial charge on any atom is -0.486 e. The minimum atomic E-state index is -1.18. The number of piperidine rings is 1. The van der Waals surface area contributed by atoms with Crippen molar-refractivity contribution in [3.05, 3.63) is 41.2 Å². The molecule has 1 N–H and O–H groups in total. The van der Waals surface area contributed by atoms with Crippen LogP contribution in [-0.2, 0) is 11.3 Å². The number of nitrogens with one attached hydrogen (secondary N) is 1. The van der Waals surface area contributed by atoms with E-state index in [2.05, 4.69) is 15.3 Å². The van der Waals surface area contributed by atoms with Gasteiger partial charge >= 0.3 is 0 Å². The van der Waals surface area contributed by atoms with E-state index in [1.807, 2.05) is 17.9 Å². The van der Waals surface area contributed by atoms with Crippen molar-refractivity contribution < 1.29 is 23.4 Å². The van der Waals surface area contributed by atoms with Gasteiger partial charge in [0.25, 0.3) is 5.91 Å². The number of nitrogens with zero attached hydrogens (tertiary/aromatic N) is 3. The van der Waals surface area contributed by atoms with Gasteiger partial charge < -0.3 is 24.4 Å². The third kappa shape index (κ3) is 4.30. The van der Waals surface area contributed by atoms with E-state index >= 15 is 0 Å². The third-order valence-corrected chi connectivity index (χ3v) is 5.24. The first-order valence-electron chi connectivity index (χ1n) is 9.97. The smallest absolute Gasteiger partial charge is 0.253 e. The molecule has 2 aliphatic heterocycles. The number of carbonyl (C=O) groups excluding carboxylic acids is 1. The number of aryl methyl sites for hydroxylation is 1. The summed E-state index contributed by atoms with van der Waals surface area (Å²) in [5.41, 5.74) is 2.19. The lowest BCUT2D eigenvalue weighted by molar-refractivity contribution is 0.0813. The van der Waals surface area contributed by atoms with Gasteiger partial charge in [-0.3, -0.25) is 4.79 Å². The Labute approximate surface area is 174 Å². The molecule has 1 fully saturated rings. The number of rotatable bonds is 7. The zero-order valence-electron chi connectivity index (χ0n) is 17.1. The Morgan fingerprint density at radius 2 is 2.20 bits per heavy atom. The molecule has 8 nitrogen and oxygen atoms in total. The van der Waals surface area contributed by atoms with Crippen molar-refractivity contribution in [3.8, 4) is 11.6 Å². The van der Waals surface area contributed by atoms with Crippen molar-refractivity contribution in [1.82, 2.24) is 15.3 Å². The van der Waals surface area contributed by atoms with E-state index in [1.165, 1.54) is 6.20 Å². The number of methoxy groups -OCH3 is 1. The second-order valence-electron chi connectivity index (χ2n) is 7.39. The molecule has 0 unspecified atom stereocenters. The maximum atomic E-state index is 14.9. The maximum Gasteiger partial charge on any atom is 0.253 e. The van der Waals surface area contributed by atoms with E-state index < -0.39 is 12.3 Å². The van der Waals surface area contributed by atoms with E-state index in [1.54, 1.807) is 19.2 Å². The molecule has 0 bridgehead atoms. The predicted octanol–water partition coefficient (Wildman–Crippen LogP) is 2.05. The SMILES string of the molecule is COCCOc1ccc(O[C@@H]2CCN(c3nc4c(cc3C)C(=O)NC4)C[C@@H]2F)cn1. The molecule has 4 rings (SSSR count). The minimum absolute atomic E-state index is 0.105. The van der Waals surface area contributed by atoms with Crippen LogP contribution >= 0.6 is 0 Å². The molecule has 2 aromatic rings. The zero-order valence-corrected chi connectivity index (χ0v) is 17.1. The van der Waals surface area contributed by atoms with Gasteiger partial charge in [-0.15, -0.1) is 0 Å². The molecule has 1 saturated heterocycles. The summed E-state index contributed by atoms with van der Waals surface area (Å²) in [5.74, 6) is 1.60. The Kier molecular flexibility index (Phi) is 5.98. The molecule has 9 heteroatoms. The first-order valence-corrected chi connectivity index (χ1v) is 9.97. The van der Waals surface area contributed by atoms with Crippen molar-refractivity contribution in [2.75, 3.05) is 38.3 Å². The van der Waals surface area contributed by atoms with E-state index in [4.69, 9.17) is 14.2 Å². The lowest BCUT2D eigenvalue weighted by Gasteiger charge is -2.36. The number of ether oxygens (including phenoxy) is 3. The van der Waals surface area contributed by atoms with Crippen molar-refractivity contribution in [2.24, 2.45) is 0 Å². The number of aromatic nitrogens is 2. The highest BCUT2D eigenvalue weighted by molar-refractivity contribution is 5.98. The van der Waals surface area contributed by atoms with Gasteiger partial charge in [0.1, 0.15) is 24.3 Å². The van der Waals surface area contributed by atoms with Gasteiger partial charge in [0.2, 0.25) is 5.88 Å². The van der Waals surface area contributed by atoms with Gasteiger partial charge in [-0.25, -0.2) is 14.4 Å². The molecule has 2 aromatic heterocycles. The van der Waals surface area contributed by atoms with Crippen LogP contribution in [0.3, 0.4) is 0 Å². The second-order valence-corrected chi connectivity index (χ2v) is 7.39. The van der Waals surface area contributed by atoms with Gasteiger partial charge in [0.05, 0.1) is 37.2 Å². The Balaban J connectivity index is 1.36. The number of carbonyl (C=O) groups is 1. The highest BCUT2D eigenvalue weighted by atomic mass is 19.1. The fourth-order valence-corrected chi connectivity index (χ4v) is 3.69. The maximum absolute atomic E-state index is 14.9. The average molecular weight is 416 g/mol. The fraction of sp³-hybridized carbons (Fsp3) is 0.476.